The van der Waals surface area contributed by atoms with Gasteiger partial charge in [0.15, 0.2) is 6.10 Å². The number of phosphoric ester groups is 1. The van der Waals surface area contributed by atoms with E-state index in [1.165, 1.54) is 141 Å². The zero-order valence-electron chi connectivity index (χ0n) is 50.4. The molecule has 3 atom stereocenters. The lowest BCUT2D eigenvalue weighted by molar-refractivity contribution is -0.161. The highest BCUT2D eigenvalue weighted by atomic mass is 31.2. The summed E-state index contributed by atoms with van der Waals surface area (Å²) in [6.07, 6.45) is 67.4. The predicted molar refractivity (Wildman–Crippen MR) is 325 cm³/mol. The lowest BCUT2D eigenvalue weighted by atomic mass is 10.0. The second kappa shape index (κ2) is 60.3. The Hall–Kier alpha value is -2.82. The summed E-state index contributed by atoms with van der Waals surface area (Å²) >= 11 is 0. The van der Waals surface area contributed by atoms with Crippen LogP contribution in [0.25, 0.3) is 0 Å². The van der Waals surface area contributed by atoms with Crippen LogP contribution in [0.5, 0.6) is 0 Å². The maximum absolute atomic E-state index is 13.0. The van der Waals surface area contributed by atoms with E-state index < -0.39 is 57.8 Å². The van der Waals surface area contributed by atoms with Crippen molar-refractivity contribution in [3.63, 3.8) is 0 Å². The number of hydrogen-bond donors (Lipinski definition) is 2. The van der Waals surface area contributed by atoms with E-state index in [9.17, 15) is 28.9 Å². The van der Waals surface area contributed by atoms with Crippen LogP contribution in [0.1, 0.15) is 303 Å². The Bertz CT molecular complexity index is 1540. The largest absolute Gasteiger partial charge is 0.472 e. The van der Waals surface area contributed by atoms with Gasteiger partial charge in [-0.25, -0.2) is 4.57 Å². The minimum absolute atomic E-state index is 0.159. The predicted octanol–water partition coefficient (Wildman–Crippen LogP) is 19.5. The number of esters is 3. The van der Waals surface area contributed by atoms with Crippen molar-refractivity contribution in [2.45, 2.75) is 315 Å². The van der Waals surface area contributed by atoms with Crippen LogP contribution in [0.3, 0.4) is 0 Å². The lowest BCUT2D eigenvalue weighted by Crippen LogP contribution is -2.30. The van der Waals surface area contributed by atoms with E-state index in [0.29, 0.717) is 19.3 Å². The van der Waals surface area contributed by atoms with Crippen molar-refractivity contribution in [1.82, 2.24) is 0 Å². The van der Waals surface area contributed by atoms with Gasteiger partial charge in [-0.2, -0.15) is 0 Å². The molecule has 0 saturated carbocycles. The molecule has 0 heterocycles. The molecule has 454 valence electrons. The van der Waals surface area contributed by atoms with E-state index in [0.717, 1.165) is 103 Å². The van der Waals surface area contributed by atoms with Crippen LogP contribution >= 0.6 is 7.82 Å². The molecule has 0 aliphatic carbocycles. The van der Waals surface area contributed by atoms with Crippen LogP contribution < -0.4 is 0 Å². The Morgan fingerprint density at radius 1 is 0.372 bits per heavy atom. The summed E-state index contributed by atoms with van der Waals surface area (Å²) in [7, 11) is -4.76. The Labute approximate surface area is 478 Å². The molecule has 0 fully saturated rings. The molecule has 0 aromatic carbocycles. The van der Waals surface area contributed by atoms with Gasteiger partial charge in [-0.3, -0.25) is 23.4 Å². The molecule has 78 heavy (non-hydrogen) atoms. The van der Waals surface area contributed by atoms with Crippen molar-refractivity contribution >= 4 is 25.7 Å². The third-order valence-corrected chi connectivity index (χ3v) is 14.9. The molecule has 0 aliphatic heterocycles. The third kappa shape index (κ3) is 57.9. The fourth-order valence-corrected chi connectivity index (χ4v) is 9.83. The standard InChI is InChI=1S/C66H119O11P/c1-4-7-10-13-16-19-22-25-28-30-31-33-36-39-42-45-48-51-54-57-66(70)77-63(59-73-64(68)55-52-49-46-43-40-37-34-27-24-21-18-15-12-9-6-3)61-75-78(71,72)74-60-62(58-67)76-65(69)56-53-50-47-44-41-38-35-32-29-26-23-20-17-14-11-8-5-2/h9,12,16,18-19,21,25,27-28,34,62-63,67H,4-8,10-11,13-15,17,20,22-24,26,29-33,35-61H2,1-3H3,(H,71,72)/b12-9-,19-16-,21-18-,28-25-,34-27-. The van der Waals surface area contributed by atoms with Crippen molar-refractivity contribution in [3.05, 3.63) is 60.8 Å². The van der Waals surface area contributed by atoms with Gasteiger partial charge in [0.2, 0.25) is 0 Å². The van der Waals surface area contributed by atoms with Crippen molar-refractivity contribution < 1.29 is 52.2 Å². The third-order valence-electron chi connectivity index (χ3n) is 13.9. The number of rotatable bonds is 60. The topological polar surface area (TPSA) is 155 Å². The highest BCUT2D eigenvalue weighted by Crippen LogP contribution is 2.43. The lowest BCUT2D eigenvalue weighted by Gasteiger charge is -2.21. The van der Waals surface area contributed by atoms with Gasteiger partial charge in [0.1, 0.15) is 12.7 Å². The number of hydrogen-bond acceptors (Lipinski definition) is 10. The van der Waals surface area contributed by atoms with Gasteiger partial charge in [0.05, 0.1) is 19.8 Å². The van der Waals surface area contributed by atoms with E-state index >= 15 is 0 Å². The van der Waals surface area contributed by atoms with Gasteiger partial charge in [0.25, 0.3) is 0 Å². The van der Waals surface area contributed by atoms with Gasteiger partial charge in [-0.1, -0.05) is 261 Å². The first-order chi connectivity index (χ1) is 38.2. The van der Waals surface area contributed by atoms with Crippen molar-refractivity contribution in [1.29, 1.82) is 0 Å². The summed E-state index contributed by atoms with van der Waals surface area (Å²) < 4.78 is 39.7. The van der Waals surface area contributed by atoms with E-state index in [-0.39, 0.29) is 25.9 Å². The Balaban J connectivity index is 4.68. The van der Waals surface area contributed by atoms with Gasteiger partial charge < -0.3 is 24.2 Å². The van der Waals surface area contributed by atoms with Crippen LogP contribution in [-0.2, 0) is 42.2 Å². The molecule has 0 rings (SSSR count). The number of carbonyl (C=O) groups is 3. The number of allylic oxidation sites excluding steroid dienone is 10. The van der Waals surface area contributed by atoms with Gasteiger partial charge in [0, 0.05) is 19.3 Å². The Morgan fingerprint density at radius 3 is 1.05 bits per heavy atom. The number of aliphatic hydroxyl groups excluding tert-OH is 1. The van der Waals surface area contributed by atoms with E-state index in [2.05, 4.69) is 81.5 Å². The van der Waals surface area contributed by atoms with Gasteiger partial charge in [-0.15, -0.1) is 0 Å². The average molecular weight is 1120 g/mol. The summed E-state index contributed by atoms with van der Waals surface area (Å²) in [5, 5.41) is 9.85. The average Bonchev–Trinajstić information content (AvgIpc) is 3.43. The zero-order valence-corrected chi connectivity index (χ0v) is 51.3. The van der Waals surface area contributed by atoms with E-state index in [4.69, 9.17) is 23.3 Å². The first-order valence-electron chi connectivity index (χ1n) is 32.2. The maximum atomic E-state index is 13.0. The molecule has 2 N–H and O–H groups in total. The van der Waals surface area contributed by atoms with Crippen LogP contribution in [0.4, 0.5) is 0 Å². The van der Waals surface area contributed by atoms with Crippen LogP contribution in [0.15, 0.2) is 60.8 Å². The summed E-state index contributed by atoms with van der Waals surface area (Å²) in [6, 6.07) is 0. The normalized spacial score (nSPS) is 13.7. The first kappa shape index (κ1) is 75.2. The number of ether oxygens (including phenoxy) is 3. The number of aliphatic hydroxyl groups is 1. The number of unbranched alkanes of at least 4 members (excludes halogenated alkanes) is 33. The fourth-order valence-electron chi connectivity index (χ4n) is 9.05. The summed E-state index contributed by atoms with van der Waals surface area (Å²) in [4.78, 5) is 48.7. The zero-order chi connectivity index (χ0) is 56.9. The highest BCUT2D eigenvalue weighted by molar-refractivity contribution is 7.47. The van der Waals surface area contributed by atoms with Crippen LogP contribution in [0.2, 0.25) is 0 Å². The quantitative estimate of drug-likeness (QED) is 0.0197. The molecular weight excluding hydrogens is 1000 g/mol. The van der Waals surface area contributed by atoms with E-state index in [1.807, 2.05) is 0 Å². The molecule has 12 heteroatoms. The van der Waals surface area contributed by atoms with Crippen LogP contribution in [-0.4, -0.2) is 66.5 Å². The minimum Gasteiger partial charge on any atom is -0.462 e. The molecule has 0 bridgehead atoms. The van der Waals surface area contributed by atoms with E-state index in [1.54, 1.807) is 0 Å². The molecule has 0 aliphatic rings. The van der Waals surface area contributed by atoms with Crippen molar-refractivity contribution in [3.8, 4) is 0 Å². The molecule has 0 radical (unpaired) electrons. The molecule has 0 saturated heterocycles. The van der Waals surface area contributed by atoms with Gasteiger partial charge in [-0.05, 0) is 83.5 Å². The number of carbonyl (C=O) groups excluding carboxylic acids is 3. The van der Waals surface area contributed by atoms with Crippen LogP contribution in [0, 0.1) is 0 Å². The summed E-state index contributed by atoms with van der Waals surface area (Å²) in [5.41, 5.74) is 0. The number of phosphoric acid groups is 1. The minimum atomic E-state index is -4.76. The monoisotopic (exact) mass is 1120 g/mol. The summed E-state index contributed by atoms with van der Waals surface area (Å²) in [6.45, 7) is 4.54. The molecule has 0 aromatic rings. The second-order valence-corrected chi connectivity index (χ2v) is 23.0. The summed E-state index contributed by atoms with van der Waals surface area (Å²) in [5.74, 6) is -1.47. The van der Waals surface area contributed by atoms with Crippen molar-refractivity contribution in [2.24, 2.45) is 0 Å². The molecule has 3 unspecified atom stereocenters. The molecule has 0 spiro atoms. The second-order valence-electron chi connectivity index (χ2n) is 21.6. The highest BCUT2D eigenvalue weighted by Gasteiger charge is 2.28. The van der Waals surface area contributed by atoms with Gasteiger partial charge >= 0.3 is 25.7 Å². The SMILES string of the molecule is CC/C=C\C/C=C\C/C=C\CCCCCCCC(=O)OCC(COP(=O)(O)OCC(CO)OC(=O)CCCCCCCCCCCCCCCCCCC)OC(=O)CCCCCCCCCCC/C=C\C/C=C\CCCCC. The molecule has 0 amide bonds. The maximum Gasteiger partial charge on any atom is 0.472 e. The molecule has 0 aromatic heterocycles. The Kier molecular flexibility index (Phi) is 58.1. The first-order valence-corrected chi connectivity index (χ1v) is 33.7. The smallest absolute Gasteiger partial charge is 0.462 e. The Morgan fingerprint density at radius 2 is 0.667 bits per heavy atom. The molecular formula is C66H119O11P. The van der Waals surface area contributed by atoms with Crippen molar-refractivity contribution in [2.75, 3.05) is 26.4 Å². The molecule has 11 nitrogen and oxygen atoms in total. The fraction of sp³-hybridized carbons (Fsp3) is 0.803.